The molecule has 0 saturated heterocycles. The Morgan fingerprint density at radius 3 is 2.17 bits per heavy atom. The zero-order chi connectivity index (χ0) is 8.97. The Bertz CT molecular complexity index is 228. The Balaban J connectivity index is 2.65. The Morgan fingerprint density at radius 2 is 1.75 bits per heavy atom. The molecule has 2 heteroatoms. The van der Waals surface area contributed by atoms with Crippen molar-refractivity contribution in [3.05, 3.63) is 29.8 Å². The number of hydrogen-bond donors (Lipinski definition) is 0. The number of rotatable bonds is 3. The molecule has 1 aromatic rings. The molecule has 0 aliphatic carbocycles. The molecule has 0 heterocycles. The van der Waals surface area contributed by atoms with E-state index >= 15 is 0 Å². The Morgan fingerprint density at radius 1 is 1.17 bits per heavy atom. The molecule has 0 aliphatic heterocycles. The van der Waals surface area contributed by atoms with Gasteiger partial charge in [0.25, 0.3) is 0 Å². The first kappa shape index (κ1) is 9.99. The quantitative estimate of drug-likeness (QED) is 0.753. The summed E-state index contributed by atoms with van der Waals surface area (Å²) in [7, 11) is 1.70. The molecule has 66 valence electrons. The molecule has 0 aliphatic rings. The van der Waals surface area contributed by atoms with Crippen LogP contribution in [0.15, 0.2) is 24.3 Å². The van der Waals surface area contributed by atoms with Crippen molar-refractivity contribution in [1.82, 2.24) is 0 Å². The van der Waals surface area contributed by atoms with Crippen LogP contribution in [0, 0.1) is 0 Å². The molecule has 0 atom stereocenters. The molecule has 12 heavy (non-hydrogen) atoms. The Kier molecular flexibility index (Phi) is 4.01. The van der Waals surface area contributed by atoms with E-state index in [-0.39, 0.29) is 0 Å². The first-order valence-electron chi connectivity index (χ1n) is 4.00. The number of benzene rings is 1. The van der Waals surface area contributed by atoms with Crippen LogP contribution >= 0.6 is 0 Å². The summed E-state index contributed by atoms with van der Waals surface area (Å²) in [6.45, 7) is 0. The van der Waals surface area contributed by atoms with Crippen molar-refractivity contribution >= 4 is 21.8 Å². The fourth-order valence-electron chi connectivity index (χ4n) is 1.10. The predicted octanol–water partition coefficient (Wildman–Crippen LogP) is 2.53. The molecule has 0 bridgehead atoms. The average Bonchev–Trinajstić information content (AvgIpc) is 2.05. The molecule has 1 nitrogen and oxygen atoms in total. The van der Waals surface area contributed by atoms with Gasteiger partial charge in [-0.25, -0.2) is 0 Å². The van der Waals surface area contributed by atoms with Crippen molar-refractivity contribution in [2.24, 2.45) is 0 Å². The van der Waals surface area contributed by atoms with Gasteiger partial charge in [0.15, 0.2) is 0 Å². The topological polar surface area (TPSA) is 9.23 Å². The van der Waals surface area contributed by atoms with E-state index in [1.54, 1.807) is 7.11 Å². The first-order valence-corrected chi connectivity index (χ1v) is 13.4. The molecule has 0 fully saturated rings. The summed E-state index contributed by atoms with van der Waals surface area (Å²) < 4.78 is 11.3. The SMILES string of the molecule is COc1ccc([CH2][Bi]([CH3])[CH3])cc1. The third kappa shape index (κ3) is 3.10. The molecule has 0 amide bonds. The number of hydrogen-bond acceptors (Lipinski definition) is 1. The van der Waals surface area contributed by atoms with Crippen LogP contribution in [-0.4, -0.2) is 28.9 Å². The van der Waals surface area contributed by atoms with Crippen molar-refractivity contribution in [3.8, 4) is 5.75 Å². The van der Waals surface area contributed by atoms with E-state index in [9.17, 15) is 0 Å². The Hall–Kier alpha value is -0.0969. The van der Waals surface area contributed by atoms with Gasteiger partial charge in [0, 0.05) is 0 Å². The van der Waals surface area contributed by atoms with E-state index in [2.05, 4.69) is 21.4 Å². The van der Waals surface area contributed by atoms with Crippen molar-refractivity contribution in [2.45, 2.75) is 13.4 Å². The van der Waals surface area contributed by atoms with Gasteiger partial charge < -0.3 is 0 Å². The van der Waals surface area contributed by atoms with E-state index in [4.69, 9.17) is 4.74 Å². The van der Waals surface area contributed by atoms with Gasteiger partial charge in [0.2, 0.25) is 0 Å². The van der Waals surface area contributed by atoms with Gasteiger partial charge in [0.1, 0.15) is 0 Å². The molecule has 0 spiro atoms. The molecular weight excluding hydrogens is 345 g/mol. The second-order valence-corrected chi connectivity index (χ2v) is 12.7. The minimum atomic E-state index is -1.01. The second kappa shape index (κ2) is 4.81. The number of methoxy groups -OCH3 is 1. The van der Waals surface area contributed by atoms with Crippen LogP contribution in [0.1, 0.15) is 5.56 Å². The van der Waals surface area contributed by atoms with Crippen molar-refractivity contribution in [2.75, 3.05) is 7.11 Å². The maximum absolute atomic E-state index is 5.09. The maximum atomic E-state index is 5.09. The average molecular weight is 360 g/mol. The van der Waals surface area contributed by atoms with Gasteiger partial charge in [-0.3, -0.25) is 0 Å². The van der Waals surface area contributed by atoms with Crippen molar-refractivity contribution in [1.29, 1.82) is 0 Å². The van der Waals surface area contributed by atoms with Crippen LogP contribution < -0.4 is 4.74 Å². The summed E-state index contributed by atoms with van der Waals surface area (Å²) in [6, 6.07) is 8.44. The van der Waals surface area contributed by atoms with Crippen molar-refractivity contribution in [3.63, 3.8) is 0 Å². The van der Waals surface area contributed by atoms with Crippen LogP contribution in [0.3, 0.4) is 0 Å². The van der Waals surface area contributed by atoms with E-state index in [0.717, 1.165) is 5.75 Å². The predicted molar refractivity (Wildman–Crippen MR) is 54.2 cm³/mol. The molecule has 1 aromatic carbocycles. The molecule has 0 radical (unpaired) electrons. The van der Waals surface area contributed by atoms with E-state index in [1.165, 1.54) is 9.69 Å². The molecule has 0 unspecified atom stereocenters. The van der Waals surface area contributed by atoms with Crippen molar-refractivity contribution < 1.29 is 4.74 Å². The third-order valence-corrected chi connectivity index (χ3v) is 5.54. The molecule has 0 saturated carbocycles. The molecule has 1 rings (SSSR count). The van der Waals surface area contributed by atoms with Crippen LogP contribution in [0.4, 0.5) is 0 Å². The van der Waals surface area contributed by atoms with E-state index in [0.29, 0.717) is 0 Å². The minimum absolute atomic E-state index is 0.956. The summed E-state index contributed by atoms with van der Waals surface area (Å²) >= 11 is -1.01. The third-order valence-electron chi connectivity index (χ3n) is 1.66. The second-order valence-electron chi connectivity index (χ2n) is 3.09. The molecule has 0 aromatic heterocycles. The van der Waals surface area contributed by atoms with Gasteiger partial charge in [-0.05, 0) is 0 Å². The summed E-state index contributed by atoms with van der Waals surface area (Å²) in [6.07, 6.45) is 0. The van der Waals surface area contributed by atoms with Gasteiger partial charge >= 0.3 is 82.6 Å². The standard InChI is InChI=1S/C8H9O.2CH3.Bi/c1-7-3-5-8(9-2)6-4-7;;;/h3-6H,1H2,2H3;2*1H3;. The van der Waals surface area contributed by atoms with Crippen LogP contribution in [0.25, 0.3) is 0 Å². The van der Waals surface area contributed by atoms with Crippen LogP contribution in [0.2, 0.25) is 9.26 Å². The van der Waals surface area contributed by atoms with Gasteiger partial charge in [0.05, 0.1) is 0 Å². The fourth-order valence-corrected chi connectivity index (χ4v) is 4.75. The van der Waals surface area contributed by atoms with Crippen LogP contribution in [-0.2, 0) is 4.13 Å². The summed E-state index contributed by atoms with van der Waals surface area (Å²) in [5, 5.41) is 0. The Labute approximate surface area is 82.4 Å². The monoisotopic (exact) mass is 360 g/mol. The van der Waals surface area contributed by atoms with Gasteiger partial charge in [-0.15, -0.1) is 0 Å². The zero-order valence-electron chi connectivity index (χ0n) is 7.87. The first-order chi connectivity index (χ1) is 5.72. The fraction of sp³-hybridized carbons (Fsp3) is 0.400. The van der Waals surface area contributed by atoms with Gasteiger partial charge in [-0.1, -0.05) is 0 Å². The summed E-state index contributed by atoms with van der Waals surface area (Å²) in [5.74, 6) is 0.956. The number of ether oxygens (including phenoxy) is 1. The van der Waals surface area contributed by atoms with Gasteiger partial charge in [-0.2, -0.15) is 0 Å². The van der Waals surface area contributed by atoms with E-state index < -0.39 is 21.8 Å². The summed E-state index contributed by atoms with van der Waals surface area (Å²) in [4.78, 5) is 0. The zero-order valence-corrected chi connectivity index (χ0v) is 11.3. The van der Waals surface area contributed by atoms with E-state index in [1.807, 2.05) is 12.1 Å². The van der Waals surface area contributed by atoms with Crippen LogP contribution in [0.5, 0.6) is 5.75 Å². The summed E-state index contributed by atoms with van der Waals surface area (Å²) in [5.41, 5.74) is 1.47. The molecular formula is C10H15BiO. The normalized spacial score (nSPS) is 10.3. The molecule has 0 N–H and O–H groups in total.